The number of methoxy groups -OCH3 is 1. The summed E-state index contributed by atoms with van der Waals surface area (Å²) in [5.74, 6) is 0.556. The van der Waals surface area contributed by atoms with Gasteiger partial charge in [0.1, 0.15) is 5.75 Å². The molecule has 1 amide bonds. The molecule has 0 bridgehead atoms. The molecule has 2 aromatic carbocycles. The van der Waals surface area contributed by atoms with Gasteiger partial charge in [0.15, 0.2) is 0 Å². The lowest BCUT2D eigenvalue weighted by Gasteiger charge is -2.19. The summed E-state index contributed by atoms with van der Waals surface area (Å²) in [6, 6.07) is 14.8. The highest BCUT2D eigenvalue weighted by Crippen LogP contribution is 2.29. The standard InChI is InChI=1S/C17H20N2O3/c1-19(11-12-20)17(21)13-7-3-4-8-14(13)18-15-9-5-6-10-16(15)22-2/h3-10,18,20H,11-12H2,1-2H3. The van der Waals surface area contributed by atoms with Crippen molar-refractivity contribution in [1.29, 1.82) is 0 Å². The maximum absolute atomic E-state index is 12.4. The summed E-state index contributed by atoms with van der Waals surface area (Å²) in [6.07, 6.45) is 0. The molecule has 116 valence electrons. The minimum atomic E-state index is -0.146. The number of amides is 1. The number of hydrogen-bond acceptors (Lipinski definition) is 4. The van der Waals surface area contributed by atoms with Gasteiger partial charge in [-0.05, 0) is 24.3 Å². The van der Waals surface area contributed by atoms with Crippen LogP contribution in [0.2, 0.25) is 0 Å². The number of benzene rings is 2. The molecule has 2 N–H and O–H groups in total. The number of aliphatic hydroxyl groups excluding tert-OH is 1. The normalized spacial score (nSPS) is 10.1. The molecule has 22 heavy (non-hydrogen) atoms. The summed E-state index contributed by atoms with van der Waals surface area (Å²) in [5, 5.41) is 12.2. The molecule has 0 aliphatic heterocycles. The summed E-state index contributed by atoms with van der Waals surface area (Å²) in [5.41, 5.74) is 2.03. The maximum Gasteiger partial charge on any atom is 0.255 e. The average Bonchev–Trinajstić information content (AvgIpc) is 2.55. The molecule has 0 radical (unpaired) electrons. The lowest BCUT2D eigenvalue weighted by atomic mass is 10.1. The number of rotatable bonds is 6. The number of aliphatic hydroxyl groups is 1. The fourth-order valence-corrected chi connectivity index (χ4v) is 2.13. The molecule has 0 heterocycles. The molecule has 0 unspecified atom stereocenters. The van der Waals surface area contributed by atoms with Gasteiger partial charge >= 0.3 is 0 Å². The van der Waals surface area contributed by atoms with Crippen LogP contribution in [0.4, 0.5) is 11.4 Å². The highest BCUT2D eigenvalue weighted by molar-refractivity contribution is 6.00. The number of para-hydroxylation sites is 3. The zero-order valence-corrected chi connectivity index (χ0v) is 12.7. The van der Waals surface area contributed by atoms with E-state index in [1.54, 1.807) is 20.2 Å². The minimum absolute atomic E-state index is 0.0651. The van der Waals surface area contributed by atoms with Crippen LogP contribution >= 0.6 is 0 Å². The number of carbonyl (C=O) groups excluding carboxylic acids is 1. The van der Waals surface area contributed by atoms with Gasteiger partial charge in [-0.2, -0.15) is 0 Å². The van der Waals surface area contributed by atoms with Gasteiger partial charge in [-0.15, -0.1) is 0 Å². The molecule has 0 saturated heterocycles. The van der Waals surface area contributed by atoms with Gasteiger partial charge in [0, 0.05) is 13.6 Å². The predicted molar refractivity (Wildman–Crippen MR) is 86.8 cm³/mol. The molecule has 0 aliphatic rings. The molecule has 2 rings (SSSR count). The summed E-state index contributed by atoms with van der Waals surface area (Å²) in [7, 11) is 3.27. The van der Waals surface area contributed by atoms with Crippen LogP contribution in [0.3, 0.4) is 0 Å². The third-order valence-electron chi connectivity index (χ3n) is 3.32. The third-order valence-corrected chi connectivity index (χ3v) is 3.32. The monoisotopic (exact) mass is 300 g/mol. The Morgan fingerprint density at radius 2 is 1.77 bits per heavy atom. The van der Waals surface area contributed by atoms with E-state index in [4.69, 9.17) is 9.84 Å². The van der Waals surface area contributed by atoms with Crippen LogP contribution in [0.15, 0.2) is 48.5 Å². The zero-order valence-electron chi connectivity index (χ0n) is 12.7. The summed E-state index contributed by atoms with van der Waals surface area (Å²) >= 11 is 0. The van der Waals surface area contributed by atoms with Crippen LogP contribution in [0.25, 0.3) is 0 Å². The van der Waals surface area contributed by atoms with Crippen molar-refractivity contribution in [3.8, 4) is 5.75 Å². The van der Waals surface area contributed by atoms with Crippen molar-refractivity contribution >= 4 is 17.3 Å². The first-order chi connectivity index (χ1) is 10.7. The second kappa shape index (κ2) is 7.47. The van der Waals surface area contributed by atoms with E-state index in [0.29, 0.717) is 23.5 Å². The van der Waals surface area contributed by atoms with Crippen molar-refractivity contribution in [2.45, 2.75) is 0 Å². The third kappa shape index (κ3) is 3.56. The van der Waals surface area contributed by atoms with E-state index in [1.165, 1.54) is 4.90 Å². The first kappa shape index (κ1) is 15.9. The van der Waals surface area contributed by atoms with Gasteiger partial charge in [-0.25, -0.2) is 0 Å². The van der Waals surface area contributed by atoms with Crippen molar-refractivity contribution < 1.29 is 14.6 Å². The van der Waals surface area contributed by atoms with Crippen molar-refractivity contribution in [1.82, 2.24) is 4.90 Å². The van der Waals surface area contributed by atoms with Crippen molar-refractivity contribution in [3.63, 3.8) is 0 Å². The molecular formula is C17H20N2O3. The molecule has 0 aromatic heterocycles. The molecule has 2 aromatic rings. The van der Waals surface area contributed by atoms with Crippen LogP contribution in [0.5, 0.6) is 5.75 Å². The number of nitrogens with one attached hydrogen (secondary N) is 1. The molecular weight excluding hydrogens is 280 g/mol. The van der Waals surface area contributed by atoms with Gasteiger partial charge < -0.3 is 20.1 Å². The Kier molecular flexibility index (Phi) is 5.38. The van der Waals surface area contributed by atoms with Crippen LogP contribution < -0.4 is 10.1 Å². The van der Waals surface area contributed by atoms with E-state index in [-0.39, 0.29) is 12.5 Å². The number of carbonyl (C=O) groups is 1. The Bertz CT molecular complexity index is 643. The number of nitrogens with zero attached hydrogens (tertiary/aromatic N) is 1. The second-order valence-electron chi connectivity index (χ2n) is 4.82. The summed E-state index contributed by atoms with van der Waals surface area (Å²) < 4.78 is 5.31. The molecule has 0 fully saturated rings. The fourth-order valence-electron chi connectivity index (χ4n) is 2.13. The second-order valence-corrected chi connectivity index (χ2v) is 4.82. The van der Waals surface area contributed by atoms with Crippen LogP contribution in [0.1, 0.15) is 10.4 Å². The Labute approximate surface area is 130 Å². The van der Waals surface area contributed by atoms with E-state index in [1.807, 2.05) is 42.5 Å². The topological polar surface area (TPSA) is 61.8 Å². The van der Waals surface area contributed by atoms with Crippen molar-refractivity contribution in [3.05, 3.63) is 54.1 Å². The highest BCUT2D eigenvalue weighted by Gasteiger charge is 2.15. The smallest absolute Gasteiger partial charge is 0.255 e. The van der Waals surface area contributed by atoms with Crippen LogP contribution in [-0.2, 0) is 0 Å². The zero-order chi connectivity index (χ0) is 15.9. The van der Waals surface area contributed by atoms with E-state index >= 15 is 0 Å². The van der Waals surface area contributed by atoms with E-state index < -0.39 is 0 Å². The van der Waals surface area contributed by atoms with Gasteiger partial charge in [0.05, 0.1) is 30.7 Å². The number of likely N-dealkylation sites (N-methyl/N-ethyl adjacent to an activating group) is 1. The summed E-state index contributed by atoms with van der Waals surface area (Å²) in [6.45, 7) is 0.228. The minimum Gasteiger partial charge on any atom is -0.495 e. The SMILES string of the molecule is COc1ccccc1Nc1ccccc1C(=O)N(C)CCO. The van der Waals surface area contributed by atoms with Crippen molar-refractivity contribution in [2.75, 3.05) is 32.6 Å². The first-order valence-corrected chi connectivity index (χ1v) is 7.02. The fraction of sp³-hybridized carbons (Fsp3) is 0.235. The molecule has 5 heteroatoms. The van der Waals surface area contributed by atoms with Crippen molar-refractivity contribution in [2.24, 2.45) is 0 Å². The number of hydrogen-bond donors (Lipinski definition) is 2. The van der Waals surface area contributed by atoms with Gasteiger partial charge in [0.25, 0.3) is 5.91 Å². The molecule has 5 nitrogen and oxygen atoms in total. The van der Waals surface area contributed by atoms with Crippen LogP contribution in [-0.4, -0.2) is 43.2 Å². The van der Waals surface area contributed by atoms with Gasteiger partial charge in [-0.3, -0.25) is 4.79 Å². The maximum atomic E-state index is 12.4. The Morgan fingerprint density at radius 3 is 2.45 bits per heavy atom. The lowest BCUT2D eigenvalue weighted by Crippen LogP contribution is -2.29. The van der Waals surface area contributed by atoms with E-state index in [9.17, 15) is 4.79 Å². The van der Waals surface area contributed by atoms with Gasteiger partial charge in [-0.1, -0.05) is 24.3 Å². The molecule has 0 saturated carbocycles. The quantitative estimate of drug-likeness (QED) is 0.860. The first-order valence-electron chi connectivity index (χ1n) is 7.02. The number of ether oxygens (including phenoxy) is 1. The van der Waals surface area contributed by atoms with E-state index in [2.05, 4.69) is 5.32 Å². The predicted octanol–water partition coefficient (Wildman–Crippen LogP) is 2.50. The Balaban J connectivity index is 2.31. The average molecular weight is 300 g/mol. The number of anilines is 2. The molecule has 0 aliphatic carbocycles. The largest absolute Gasteiger partial charge is 0.495 e. The highest BCUT2D eigenvalue weighted by atomic mass is 16.5. The Morgan fingerprint density at radius 1 is 1.14 bits per heavy atom. The van der Waals surface area contributed by atoms with Crippen LogP contribution in [0, 0.1) is 0 Å². The van der Waals surface area contributed by atoms with E-state index in [0.717, 1.165) is 5.69 Å². The van der Waals surface area contributed by atoms with Gasteiger partial charge in [0.2, 0.25) is 0 Å². The summed E-state index contributed by atoms with van der Waals surface area (Å²) in [4.78, 5) is 13.9. The molecule has 0 spiro atoms. The lowest BCUT2D eigenvalue weighted by molar-refractivity contribution is 0.0768. The Hall–Kier alpha value is -2.53. The molecule has 0 atom stereocenters.